The van der Waals surface area contributed by atoms with Crippen LogP contribution in [0.3, 0.4) is 0 Å². The number of halogens is 1. The van der Waals surface area contributed by atoms with Crippen LogP contribution in [-0.4, -0.2) is 17.1 Å². The molecule has 0 radical (unpaired) electrons. The molecule has 0 spiro atoms. The van der Waals surface area contributed by atoms with E-state index in [1.165, 1.54) is 0 Å². The summed E-state index contributed by atoms with van der Waals surface area (Å²) in [7, 11) is 0. The molecule has 0 aliphatic heterocycles. The summed E-state index contributed by atoms with van der Waals surface area (Å²) in [6.07, 6.45) is 4.88. The Morgan fingerprint density at radius 1 is 1.12 bits per heavy atom. The second kappa shape index (κ2) is 8.92. The van der Waals surface area contributed by atoms with Gasteiger partial charge in [0.05, 0.1) is 11.8 Å². The molecule has 0 fully saturated rings. The van der Waals surface area contributed by atoms with E-state index < -0.39 is 0 Å². The van der Waals surface area contributed by atoms with E-state index in [0.29, 0.717) is 17.9 Å². The zero-order valence-corrected chi connectivity index (χ0v) is 15.4. The van der Waals surface area contributed by atoms with E-state index in [9.17, 15) is 4.79 Å². The Kier molecular flexibility index (Phi) is 6.11. The van der Waals surface area contributed by atoms with Gasteiger partial charge >= 0.3 is 0 Å². The summed E-state index contributed by atoms with van der Waals surface area (Å²) in [6, 6.07) is 18.5. The first-order valence-electron chi connectivity index (χ1n) is 7.92. The van der Waals surface area contributed by atoms with Crippen molar-refractivity contribution in [2.45, 2.75) is 6.61 Å². The molecule has 0 atom stereocenters. The number of ether oxygens (including phenoxy) is 1. The molecule has 1 N–H and O–H groups in total. The topological polar surface area (TPSA) is 63.6 Å². The van der Waals surface area contributed by atoms with Crippen LogP contribution in [0.2, 0.25) is 0 Å². The fourth-order valence-electron chi connectivity index (χ4n) is 2.24. The van der Waals surface area contributed by atoms with Gasteiger partial charge in [0.15, 0.2) is 0 Å². The number of benzene rings is 2. The summed E-state index contributed by atoms with van der Waals surface area (Å²) in [5, 5.41) is 3.97. The monoisotopic (exact) mass is 409 g/mol. The van der Waals surface area contributed by atoms with Crippen LogP contribution >= 0.6 is 15.9 Å². The van der Waals surface area contributed by atoms with E-state index in [1.807, 2.05) is 30.3 Å². The molecule has 1 aromatic heterocycles. The number of hydrazone groups is 1. The van der Waals surface area contributed by atoms with Crippen LogP contribution in [0.1, 0.15) is 21.5 Å². The van der Waals surface area contributed by atoms with E-state index in [1.54, 1.807) is 48.9 Å². The standard InChI is InChI=1S/C20H16BrN3O2/c21-17-5-3-4-16(12-17)14-26-19-7-2-1-6-18(19)20(25)24-23-13-15-8-10-22-11-9-15/h1-13H,14H2,(H,24,25)/b23-13+. The lowest BCUT2D eigenvalue weighted by Gasteiger charge is -2.10. The highest BCUT2D eigenvalue weighted by Crippen LogP contribution is 2.20. The van der Waals surface area contributed by atoms with Gasteiger partial charge in [0.25, 0.3) is 5.91 Å². The minimum absolute atomic E-state index is 0.333. The zero-order valence-electron chi connectivity index (χ0n) is 13.8. The van der Waals surface area contributed by atoms with Crippen molar-refractivity contribution in [1.29, 1.82) is 0 Å². The molecule has 3 rings (SSSR count). The van der Waals surface area contributed by atoms with Crippen molar-refractivity contribution in [3.63, 3.8) is 0 Å². The number of nitrogens with one attached hydrogen (secondary N) is 1. The fraction of sp³-hybridized carbons (Fsp3) is 0.0500. The summed E-state index contributed by atoms with van der Waals surface area (Å²) < 4.78 is 6.80. The molecule has 0 saturated heterocycles. The lowest BCUT2D eigenvalue weighted by Crippen LogP contribution is -2.18. The lowest BCUT2D eigenvalue weighted by atomic mass is 10.2. The third kappa shape index (κ3) is 5.00. The maximum atomic E-state index is 12.4. The number of nitrogens with zero attached hydrogens (tertiary/aromatic N) is 2. The second-order valence-corrected chi connectivity index (χ2v) is 6.31. The molecular formula is C20H16BrN3O2. The van der Waals surface area contributed by atoms with Crippen LogP contribution in [0.5, 0.6) is 5.75 Å². The molecule has 6 heteroatoms. The lowest BCUT2D eigenvalue weighted by molar-refractivity contribution is 0.0950. The molecule has 1 heterocycles. The summed E-state index contributed by atoms with van der Waals surface area (Å²) in [5.74, 6) is 0.171. The van der Waals surface area contributed by atoms with E-state index in [-0.39, 0.29) is 5.91 Å². The van der Waals surface area contributed by atoms with Crippen LogP contribution < -0.4 is 10.2 Å². The summed E-state index contributed by atoms with van der Waals surface area (Å²) in [6.45, 7) is 0.365. The minimum Gasteiger partial charge on any atom is -0.488 e. The average Bonchev–Trinajstić information content (AvgIpc) is 2.67. The highest BCUT2D eigenvalue weighted by atomic mass is 79.9. The molecule has 1 amide bonds. The van der Waals surface area contributed by atoms with Gasteiger partial charge in [0.2, 0.25) is 0 Å². The number of hydrogen-bond donors (Lipinski definition) is 1. The van der Waals surface area contributed by atoms with Gasteiger partial charge in [0, 0.05) is 16.9 Å². The number of rotatable bonds is 6. The van der Waals surface area contributed by atoms with Crippen LogP contribution in [-0.2, 0) is 6.61 Å². The number of carbonyl (C=O) groups is 1. The van der Waals surface area contributed by atoms with Gasteiger partial charge in [-0.3, -0.25) is 9.78 Å². The minimum atomic E-state index is -0.333. The van der Waals surface area contributed by atoms with Crippen LogP contribution in [0.25, 0.3) is 0 Å². The van der Waals surface area contributed by atoms with Gasteiger partial charge in [-0.1, -0.05) is 40.2 Å². The van der Waals surface area contributed by atoms with E-state index in [4.69, 9.17) is 4.74 Å². The van der Waals surface area contributed by atoms with E-state index in [2.05, 4.69) is 31.4 Å². The molecule has 130 valence electrons. The van der Waals surface area contributed by atoms with Crippen molar-refractivity contribution >= 4 is 28.1 Å². The average molecular weight is 410 g/mol. The summed E-state index contributed by atoms with van der Waals surface area (Å²) >= 11 is 3.43. The van der Waals surface area contributed by atoms with Crippen molar-refractivity contribution in [2.24, 2.45) is 5.10 Å². The first kappa shape index (κ1) is 17.8. The Morgan fingerprint density at radius 2 is 1.92 bits per heavy atom. The predicted molar refractivity (Wildman–Crippen MR) is 104 cm³/mol. The van der Waals surface area contributed by atoms with Gasteiger partial charge in [-0.25, -0.2) is 5.43 Å². The molecule has 5 nitrogen and oxygen atoms in total. The fourth-order valence-corrected chi connectivity index (χ4v) is 2.69. The number of carbonyl (C=O) groups excluding carboxylic acids is 1. The van der Waals surface area contributed by atoms with E-state index >= 15 is 0 Å². The van der Waals surface area contributed by atoms with Crippen LogP contribution in [0.4, 0.5) is 0 Å². The molecule has 0 aliphatic rings. The van der Waals surface area contributed by atoms with Crippen molar-refractivity contribution in [3.8, 4) is 5.75 Å². The third-order valence-electron chi connectivity index (χ3n) is 3.50. The maximum Gasteiger partial charge on any atom is 0.275 e. The van der Waals surface area contributed by atoms with Crippen molar-refractivity contribution in [3.05, 3.63) is 94.2 Å². The van der Waals surface area contributed by atoms with Gasteiger partial charge in [-0.2, -0.15) is 5.10 Å². The second-order valence-electron chi connectivity index (χ2n) is 5.39. The van der Waals surface area contributed by atoms with Gasteiger partial charge in [-0.05, 0) is 47.5 Å². The Labute approximate surface area is 159 Å². The maximum absolute atomic E-state index is 12.4. The van der Waals surface area contributed by atoms with Crippen LogP contribution in [0.15, 0.2) is 82.6 Å². The zero-order chi connectivity index (χ0) is 18.2. The smallest absolute Gasteiger partial charge is 0.275 e. The first-order valence-corrected chi connectivity index (χ1v) is 8.71. The third-order valence-corrected chi connectivity index (χ3v) is 3.99. The quantitative estimate of drug-likeness (QED) is 0.490. The predicted octanol–water partition coefficient (Wildman–Crippen LogP) is 4.19. The van der Waals surface area contributed by atoms with Gasteiger partial charge < -0.3 is 4.74 Å². The van der Waals surface area contributed by atoms with Crippen molar-refractivity contribution in [2.75, 3.05) is 0 Å². The number of hydrogen-bond acceptors (Lipinski definition) is 4. The summed E-state index contributed by atoms with van der Waals surface area (Å²) in [4.78, 5) is 16.3. The van der Waals surface area contributed by atoms with Gasteiger partial charge in [-0.15, -0.1) is 0 Å². The number of aromatic nitrogens is 1. The Hall–Kier alpha value is -2.99. The molecule has 0 aliphatic carbocycles. The van der Waals surface area contributed by atoms with Crippen molar-refractivity contribution < 1.29 is 9.53 Å². The number of pyridine rings is 1. The first-order chi connectivity index (χ1) is 12.7. The molecule has 3 aromatic rings. The normalized spacial score (nSPS) is 10.7. The molecule has 2 aromatic carbocycles. The molecule has 0 unspecified atom stereocenters. The van der Waals surface area contributed by atoms with E-state index in [0.717, 1.165) is 15.6 Å². The summed E-state index contributed by atoms with van der Waals surface area (Å²) in [5.41, 5.74) is 4.79. The highest BCUT2D eigenvalue weighted by Gasteiger charge is 2.11. The number of amides is 1. The SMILES string of the molecule is O=C(N/N=C/c1ccncc1)c1ccccc1OCc1cccc(Br)c1. The molecule has 0 saturated carbocycles. The molecular weight excluding hydrogens is 394 g/mol. The Bertz CT molecular complexity index is 914. The Morgan fingerprint density at radius 3 is 2.73 bits per heavy atom. The Balaban J connectivity index is 1.66. The highest BCUT2D eigenvalue weighted by molar-refractivity contribution is 9.10. The molecule has 26 heavy (non-hydrogen) atoms. The largest absolute Gasteiger partial charge is 0.488 e. The van der Waals surface area contributed by atoms with Crippen molar-refractivity contribution in [1.82, 2.24) is 10.4 Å². The van der Waals surface area contributed by atoms with Gasteiger partial charge in [0.1, 0.15) is 12.4 Å². The van der Waals surface area contributed by atoms with Crippen LogP contribution in [0, 0.1) is 0 Å². The number of para-hydroxylation sites is 1. The molecule has 0 bridgehead atoms.